The van der Waals surface area contributed by atoms with E-state index >= 15 is 0 Å². The molecule has 0 spiro atoms. The third-order valence-electron chi connectivity index (χ3n) is 5.25. The summed E-state index contributed by atoms with van der Waals surface area (Å²) in [6.07, 6.45) is 1.47. The second kappa shape index (κ2) is 10.2. The summed E-state index contributed by atoms with van der Waals surface area (Å²) in [5, 5.41) is 7.15. The number of amides is 1. The molecule has 0 saturated heterocycles. The number of nitrogens with zero attached hydrogens (tertiary/aromatic N) is 3. The van der Waals surface area contributed by atoms with Gasteiger partial charge in [-0.05, 0) is 67.4 Å². The molecule has 180 valence electrons. The number of carbonyl (C=O) groups excluding carboxylic acids is 1. The van der Waals surface area contributed by atoms with Gasteiger partial charge in [-0.2, -0.15) is 5.10 Å². The molecule has 0 aliphatic carbocycles. The van der Waals surface area contributed by atoms with Gasteiger partial charge in [-0.15, -0.1) is 0 Å². The van der Waals surface area contributed by atoms with Gasteiger partial charge in [0.25, 0.3) is 5.91 Å². The SMILES string of the molecule is Cc1cc(C)n(-c2ccc(C(=O)NCc3cccc(S(=O)(=O)NCc4cccc(F)c4)c3)cn2)n1. The number of aromatic nitrogens is 3. The van der Waals surface area contributed by atoms with E-state index in [1.807, 2.05) is 19.9 Å². The first-order chi connectivity index (χ1) is 16.7. The largest absolute Gasteiger partial charge is 0.348 e. The average molecular weight is 494 g/mol. The van der Waals surface area contributed by atoms with E-state index in [1.54, 1.807) is 35.0 Å². The van der Waals surface area contributed by atoms with Crippen LogP contribution in [-0.2, 0) is 23.1 Å². The number of hydrogen-bond donors (Lipinski definition) is 2. The Kier molecular flexibility index (Phi) is 7.04. The smallest absolute Gasteiger partial charge is 0.253 e. The number of nitrogens with one attached hydrogen (secondary N) is 2. The van der Waals surface area contributed by atoms with E-state index in [9.17, 15) is 17.6 Å². The molecule has 0 aliphatic heterocycles. The highest BCUT2D eigenvalue weighted by Gasteiger charge is 2.15. The Morgan fingerprint density at radius 1 is 0.971 bits per heavy atom. The molecule has 0 fully saturated rings. The third-order valence-corrected chi connectivity index (χ3v) is 6.65. The minimum absolute atomic E-state index is 0.0400. The van der Waals surface area contributed by atoms with Gasteiger partial charge in [-0.3, -0.25) is 4.79 Å². The molecule has 0 saturated carbocycles. The van der Waals surface area contributed by atoms with Crippen molar-refractivity contribution in [3.8, 4) is 5.82 Å². The number of halogens is 1. The van der Waals surface area contributed by atoms with E-state index in [2.05, 4.69) is 20.1 Å². The molecule has 2 heterocycles. The third kappa shape index (κ3) is 5.97. The molecular weight excluding hydrogens is 469 g/mol. The summed E-state index contributed by atoms with van der Waals surface area (Å²) in [6, 6.07) is 17.3. The zero-order valence-electron chi connectivity index (χ0n) is 19.2. The predicted molar refractivity (Wildman–Crippen MR) is 129 cm³/mol. The van der Waals surface area contributed by atoms with Crippen LogP contribution in [0.5, 0.6) is 0 Å². The van der Waals surface area contributed by atoms with Crippen LogP contribution in [0, 0.1) is 19.7 Å². The van der Waals surface area contributed by atoms with Crippen LogP contribution in [0.25, 0.3) is 5.82 Å². The summed E-state index contributed by atoms with van der Waals surface area (Å²) in [4.78, 5) is 16.9. The highest BCUT2D eigenvalue weighted by atomic mass is 32.2. The Balaban J connectivity index is 1.38. The van der Waals surface area contributed by atoms with Crippen LogP contribution in [0.1, 0.15) is 32.9 Å². The molecule has 4 aromatic rings. The lowest BCUT2D eigenvalue weighted by Gasteiger charge is -2.10. The predicted octanol–water partition coefficient (Wildman–Crippen LogP) is 3.43. The van der Waals surface area contributed by atoms with Crippen molar-refractivity contribution < 1.29 is 17.6 Å². The molecule has 1 amide bonds. The Morgan fingerprint density at radius 3 is 2.37 bits per heavy atom. The van der Waals surface area contributed by atoms with Crippen LogP contribution in [0.4, 0.5) is 4.39 Å². The molecule has 2 aromatic heterocycles. The highest BCUT2D eigenvalue weighted by molar-refractivity contribution is 7.89. The van der Waals surface area contributed by atoms with Gasteiger partial charge in [0, 0.05) is 25.0 Å². The number of rotatable bonds is 8. The minimum Gasteiger partial charge on any atom is -0.348 e. The summed E-state index contributed by atoms with van der Waals surface area (Å²) < 4.78 is 42.8. The Labute approximate surface area is 202 Å². The van der Waals surface area contributed by atoms with Gasteiger partial charge in [-0.25, -0.2) is 27.2 Å². The number of carbonyl (C=O) groups is 1. The lowest BCUT2D eigenvalue weighted by atomic mass is 10.2. The Morgan fingerprint density at radius 2 is 1.71 bits per heavy atom. The molecule has 0 unspecified atom stereocenters. The monoisotopic (exact) mass is 493 g/mol. The first-order valence-corrected chi connectivity index (χ1v) is 12.3. The Hall–Kier alpha value is -3.89. The highest BCUT2D eigenvalue weighted by Crippen LogP contribution is 2.14. The molecule has 2 aromatic carbocycles. The first-order valence-electron chi connectivity index (χ1n) is 10.8. The van der Waals surface area contributed by atoms with E-state index in [0.717, 1.165) is 11.4 Å². The summed E-state index contributed by atoms with van der Waals surface area (Å²) >= 11 is 0. The van der Waals surface area contributed by atoms with Crippen molar-refractivity contribution in [2.24, 2.45) is 0 Å². The van der Waals surface area contributed by atoms with Crippen molar-refractivity contribution in [3.05, 3.63) is 107 Å². The molecule has 0 radical (unpaired) electrons. The molecule has 4 rings (SSSR count). The van der Waals surface area contributed by atoms with Gasteiger partial charge in [-0.1, -0.05) is 24.3 Å². The van der Waals surface area contributed by atoms with Gasteiger partial charge < -0.3 is 5.32 Å². The van der Waals surface area contributed by atoms with Crippen molar-refractivity contribution in [1.82, 2.24) is 24.8 Å². The van der Waals surface area contributed by atoms with Crippen molar-refractivity contribution in [1.29, 1.82) is 0 Å². The van der Waals surface area contributed by atoms with Crippen LogP contribution in [0.3, 0.4) is 0 Å². The lowest BCUT2D eigenvalue weighted by Crippen LogP contribution is -2.25. The molecule has 0 atom stereocenters. The van der Waals surface area contributed by atoms with Crippen molar-refractivity contribution in [3.63, 3.8) is 0 Å². The zero-order valence-corrected chi connectivity index (χ0v) is 20.0. The maximum Gasteiger partial charge on any atom is 0.253 e. The van der Waals surface area contributed by atoms with E-state index in [-0.39, 0.29) is 23.9 Å². The van der Waals surface area contributed by atoms with Crippen molar-refractivity contribution in [2.75, 3.05) is 0 Å². The number of benzene rings is 2. The number of hydrogen-bond acceptors (Lipinski definition) is 5. The van der Waals surface area contributed by atoms with Crippen LogP contribution in [-0.4, -0.2) is 29.1 Å². The lowest BCUT2D eigenvalue weighted by molar-refractivity contribution is 0.0950. The maximum atomic E-state index is 13.3. The topological polar surface area (TPSA) is 106 Å². The van der Waals surface area contributed by atoms with Crippen LogP contribution in [0.15, 0.2) is 77.8 Å². The molecule has 35 heavy (non-hydrogen) atoms. The molecular formula is C25H24FN5O3S. The fourth-order valence-electron chi connectivity index (χ4n) is 3.52. The second-order valence-electron chi connectivity index (χ2n) is 8.03. The number of pyridine rings is 1. The van der Waals surface area contributed by atoms with Crippen LogP contribution in [0.2, 0.25) is 0 Å². The Bertz CT molecular complexity index is 1470. The van der Waals surface area contributed by atoms with Gasteiger partial charge in [0.05, 0.1) is 16.2 Å². The molecule has 2 N–H and O–H groups in total. The number of aryl methyl sites for hydroxylation is 2. The standard InChI is InChI=1S/C25H24FN5O3S/c1-17-11-18(2)31(30-17)24-10-9-21(16-27-24)25(32)28-14-20-6-4-8-23(13-20)35(33,34)29-15-19-5-3-7-22(26)12-19/h3-13,16,29H,14-15H2,1-2H3,(H,28,32). The van der Waals surface area contributed by atoms with E-state index in [4.69, 9.17) is 0 Å². The number of sulfonamides is 1. The van der Waals surface area contributed by atoms with Crippen molar-refractivity contribution >= 4 is 15.9 Å². The summed E-state index contributed by atoms with van der Waals surface area (Å²) in [7, 11) is -3.82. The first kappa shape index (κ1) is 24.2. The van der Waals surface area contributed by atoms with E-state index in [0.29, 0.717) is 22.5 Å². The molecule has 10 heteroatoms. The summed E-state index contributed by atoms with van der Waals surface area (Å²) in [5.74, 6) is -0.165. The molecule has 0 aliphatic rings. The molecule has 0 bridgehead atoms. The quantitative estimate of drug-likeness (QED) is 0.391. The van der Waals surface area contributed by atoms with Gasteiger partial charge in [0.1, 0.15) is 5.82 Å². The minimum atomic E-state index is -3.82. The van der Waals surface area contributed by atoms with Crippen LogP contribution >= 0.6 is 0 Å². The summed E-state index contributed by atoms with van der Waals surface area (Å²) in [6.45, 7) is 3.91. The fraction of sp³-hybridized carbons (Fsp3) is 0.160. The normalized spacial score (nSPS) is 11.4. The van der Waals surface area contributed by atoms with E-state index < -0.39 is 15.8 Å². The van der Waals surface area contributed by atoms with Gasteiger partial charge in [0.15, 0.2) is 5.82 Å². The maximum absolute atomic E-state index is 13.3. The second-order valence-corrected chi connectivity index (χ2v) is 9.80. The van der Waals surface area contributed by atoms with E-state index in [1.165, 1.54) is 36.5 Å². The van der Waals surface area contributed by atoms with Crippen LogP contribution < -0.4 is 10.0 Å². The zero-order chi connectivity index (χ0) is 25.0. The summed E-state index contributed by atoms with van der Waals surface area (Å²) in [5.41, 5.74) is 3.30. The fourth-order valence-corrected chi connectivity index (χ4v) is 4.61. The van der Waals surface area contributed by atoms with Gasteiger partial charge >= 0.3 is 0 Å². The molecule has 8 nitrogen and oxygen atoms in total. The average Bonchev–Trinajstić information content (AvgIpc) is 3.19. The van der Waals surface area contributed by atoms with Crippen molar-refractivity contribution in [2.45, 2.75) is 31.8 Å². The van der Waals surface area contributed by atoms with Gasteiger partial charge in [0.2, 0.25) is 10.0 Å².